The van der Waals surface area contributed by atoms with E-state index in [2.05, 4.69) is 26.0 Å². The summed E-state index contributed by atoms with van der Waals surface area (Å²) in [6.45, 7) is 8.67. The molecule has 234 valence electrons. The summed E-state index contributed by atoms with van der Waals surface area (Å²) in [4.78, 5) is 33.0. The Morgan fingerprint density at radius 3 is 2.42 bits per heavy atom. The molecule has 2 heterocycles. The molecule has 1 aliphatic rings. The first-order valence-corrected chi connectivity index (χ1v) is 16.3. The highest BCUT2D eigenvalue weighted by molar-refractivity contribution is 7.07. The van der Waals surface area contributed by atoms with E-state index in [1.54, 1.807) is 18.6 Å². The van der Waals surface area contributed by atoms with Crippen LogP contribution >= 0.6 is 22.9 Å². The van der Waals surface area contributed by atoms with E-state index in [1.165, 1.54) is 16.9 Å². The van der Waals surface area contributed by atoms with Crippen LogP contribution in [0.3, 0.4) is 0 Å². The monoisotopic (exact) mass is 644 g/mol. The Labute approximate surface area is 272 Å². The van der Waals surface area contributed by atoms with E-state index in [1.807, 2.05) is 67.6 Å². The number of nitrogens with zero attached hydrogens (tertiary/aromatic N) is 2. The van der Waals surface area contributed by atoms with Gasteiger partial charge in [0.2, 0.25) is 0 Å². The number of methoxy groups -OCH3 is 1. The summed E-state index contributed by atoms with van der Waals surface area (Å²) in [5, 5.41) is 0.667. The van der Waals surface area contributed by atoms with Crippen LogP contribution in [0.1, 0.15) is 74.8 Å². The summed E-state index contributed by atoms with van der Waals surface area (Å²) >= 11 is 7.30. The van der Waals surface area contributed by atoms with Crippen molar-refractivity contribution in [2.24, 2.45) is 4.99 Å². The van der Waals surface area contributed by atoms with Crippen LogP contribution < -0.4 is 24.4 Å². The molecule has 0 saturated carbocycles. The molecule has 0 saturated heterocycles. The SMILES string of the molecule is CCCC1=C(C(=O)OCC)[C@H](c2ccc(C(C)C)cc2)n2c(s/c(=C\c3ccc(OCc4ccc(Cl)cc4)c(OC)c3)c2=O)=N1. The van der Waals surface area contributed by atoms with Crippen LogP contribution in [0.5, 0.6) is 11.5 Å². The predicted molar refractivity (Wildman–Crippen MR) is 179 cm³/mol. The Bertz CT molecular complexity index is 1890. The predicted octanol–water partition coefficient (Wildman–Crippen LogP) is 6.94. The summed E-state index contributed by atoms with van der Waals surface area (Å²) in [7, 11) is 1.58. The summed E-state index contributed by atoms with van der Waals surface area (Å²) in [5.74, 6) is 1.03. The van der Waals surface area contributed by atoms with Gasteiger partial charge >= 0.3 is 5.97 Å². The first-order valence-electron chi connectivity index (χ1n) is 15.1. The number of hydrogen-bond donors (Lipinski definition) is 0. The smallest absolute Gasteiger partial charge is 0.338 e. The maximum absolute atomic E-state index is 14.1. The highest BCUT2D eigenvalue weighted by Gasteiger charge is 2.34. The molecule has 4 aromatic rings. The molecule has 7 nitrogen and oxygen atoms in total. The maximum Gasteiger partial charge on any atom is 0.338 e. The lowest BCUT2D eigenvalue weighted by Crippen LogP contribution is -2.40. The van der Waals surface area contributed by atoms with Crippen LogP contribution in [0.2, 0.25) is 5.02 Å². The van der Waals surface area contributed by atoms with Gasteiger partial charge in [0.05, 0.1) is 35.6 Å². The van der Waals surface area contributed by atoms with E-state index in [0.717, 1.165) is 23.1 Å². The van der Waals surface area contributed by atoms with Gasteiger partial charge in [0.25, 0.3) is 5.56 Å². The first kappa shape index (κ1) is 32.3. The molecule has 0 amide bonds. The standard InChI is InChI=1S/C36H37ClN2O5S/c1-6-8-28-32(35(41)43-7-2)33(26-14-12-25(13-15-26)22(3)4)39-34(40)31(45-36(39)38-28)20-24-11-18-29(30(19-24)42-5)44-21-23-9-16-27(37)17-10-23/h9-20,22,33H,6-8,21H2,1-5H3/b31-20-/t33-/m0/s1. The largest absolute Gasteiger partial charge is 0.493 e. The zero-order valence-corrected chi connectivity index (χ0v) is 27.7. The second-order valence-corrected chi connectivity index (χ2v) is 12.5. The van der Waals surface area contributed by atoms with Crippen molar-refractivity contribution >= 4 is 35.0 Å². The number of allylic oxidation sites excluding steroid dienone is 1. The fraction of sp³-hybridized carbons (Fsp3) is 0.306. The summed E-state index contributed by atoms with van der Waals surface area (Å²) in [6.07, 6.45) is 3.21. The summed E-state index contributed by atoms with van der Waals surface area (Å²) < 4.78 is 19.3. The number of rotatable bonds is 11. The highest BCUT2D eigenvalue weighted by Crippen LogP contribution is 2.33. The van der Waals surface area contributed by atoms with Gasteiger partial charge < -0.3 is 14.2 Å². The van der Waals surface area contributed by atoms with Crippen molar-refractivity contribution < 1.29 is 19.0 Å². The second kappa shape index (κ2) is 14.3. The molecular weight excluding hydrogens is 608 g/mol. The van der Waals surface area contributed by atoms with Crippen molar-refractivity contribution in [1.82, 2.24) is 4.57 Å². The molecule has 0 aliphatic carbocycles. The number of thiazole rings is 1. The first-order chi connectivity index (χ1) is 21.7. The van der Waals surface area contributed by atoms with Crippen LogP contribution in [0.25, 0.3) is 6.08 Å². The molecule has 0 fully saturated rings. The zero-order chi connectivity index (χ0) is 32.1. The highest BCUT2D eigenvalue weighted by atomic mass is 35.5. The third-order valence-corrected chi connectivity index (χ3v) is 8.84. The summed E-state index contributed by atoms with van der Waals surface area (Å²) in [5.41, 5.74) is 4.61. The lowest BCUT2D eigenvalue weighted by Gasteiger charge is -2.26. The quantitative estimate of drug-likeness (QED) is 0.165. The number of halogens is 1. The summed E-state index contributed by atoms with van der Waals surface area (Å²) in [6, 6.07) is 20.5. The lowest BCUT2D eigenvalue weighted by atomic mass is 9.92. The zero-order valence-electron chi connectivity index (χ0n) is 26.1. The van der Waals surface area contributed by atoms with E-state index in [0.29, 0.717) is 56.1 Å². The molecule has 0 radical (unpaired) electrons. The van der Waals surface area contributed by atoms with Gasteiger partial charge in [0.15, 0.2) is 16.3 Å². The number of ether oxygens (including phenoxy) is 3. The van der Waals surface area contributed by atoms with Crippen molar-refractivity contribution in [3.63, 3.8) is 0 Å². The van der Waals surface area contributed by atoms with E-state index >= 15 is 0 Å². The fourth-order valence-corrected chi connectivity index (χ4v) is 6.43. The maximum atomic E-state index is 14.1. The molecule has 5 rings (SSSR count). The van der Waals surface area contributed by atoms with E-state index in [9.17, 15) is 9.59 Å². The Morgan fingerprint density at radius 1 is 1.04 bits per heavy atom. The van der Waals surface area contributed by atoms with Crippen molar-refractivity contribution in [3.8, 4) is 11.5 Å². The molecule has 45 heavy (non-hydrogen) atoms. The number of carbonyl (C=O) groups excluding carboxylic acids is 1. The van der Waals surface area contributed by atoms with Crippen molar-refractivity contribution in [2.75, 3.05) is 13.7 Å². The molecule has 0 bridgehead atoms. The molecule has 0 spiro atoms. The van der Waals surface area contributed by atoms with Gasteiger partial charge in [-0.3, -0.25) is 9.36 Å². The van der Waals surface area contributed by atoms with Crippen molar-refractivity contribution in [2.45, 2.75) is 59.1 Å². The van der Waals surface area contributed by atoms with Gasteiger partial charge in [-0.1, -0.05) is 92.6 Å². The normalized spacial score (nSPS) is 14.7. The number of carbonyl (C=O) groups is 1. The average Bonchev–Trinajstić information content (AvgIpc) is 3.34. The van der Waals surface area contributed by atoms with Crippen molar-refractivity contribution in [3.05, 3.63) is 125 Å². The van der Waals surface area contributed by atoms with E-state index in [4.69, 9.17) is 30.8 Å². The third kappa shape index (κ3) is 7.08. The molecular formula is C36H37ClN2O5S. The molecule has 0 unspecified atom stereocenters. The van der Waals surface area contributed by atoms with Crippen LogP contribution in [0.4, 0.5) is 0 Å². The molecule has 1 atom stereocenters. The minimum atomic E-state index is -0.650. The number of benzene rings is 3. The average molecular weight is 645 g/mol. The Balaban J connectivity index is 1.57. The van der Waals surface area contributed by atoms with E-state index < -0.39 is 12.0 Å². The number of aromatic nitrogens is 1. The van der Waals surface area contributed by atoms with Gasteiger partial charge in [-0.2, -0.15) is 0 Å². The Kier molecular flexibility index (Phi) is 10.3. The van der Waals surface area contributed by atoms with Crippen LogP contribution in [-0.2, 0) is 16.1 Å². The molecule has 9 heteroatoms. The molecule has 3 aromatic carbocycles. The third-order valence-electron chi connectivity index (χ3n) is 7.60. The van der Waals surface area contributed by atoms with Gasteiger partial charge in [-0.05, 0) is 71.9 Å². The minimum Gasteiger partial charge on any atom is -0.493 e. The number of esters is 1. The molecule has 0 N–H and O–H groups in total. The Hall–Kier alpha value is -4.14. The van der Waals surface area contributed by atoms with Crippen LogP contribution in [0, 0.1) is 0 Å². The molecule has 1 aliphatic heterocycles. The van der Waals surface area contributed by atoms with Crippen LogP contribution in [-0.4, -0.2) is 24.3 Å². The lowest BCUT2D eigenvalue weighted by molar-refractivity contribution is -0.139. The second-order valence-electron chi connectivity index (χ2n) is 11.1. The van der Waals surface area contributed by atoms with Gasteiger partial charge in [-0.15, -0.1) is 0 Å². The van der Waals surface area contributed by atoms with Gasteiger partial charge in [-0.25, -0.2) is 9.79 Å². The fourth-order valence-electron chi connectivity index (χ4n) is 5.29. The van der Waals surface area contributed by atoms with Gasteiger partial charge in [0.1, 0.15) is 6.61 Å². The van der Waals surface area contributed by atoms with Crippen molar-refractivity contribution in [1.29, 1.82) is 0 Å². The van der Waals surface area contributed by atoms with Crippen LogP contribution in [0.15, 0.2) is 87.8 Å². The van der Waals surface area contributed by atoms with Gasteiger partial charge in [0, 0.05) is 5.02 Å². The number of fused-ring (bicyclic) bond motifs is 1. The number of hydrogen-bond acceptors (Lipinski definition) is 7. The topological polar surface area (TPSA) is 79.1 Å². The Morgan fingerprint density at radius 2 is 1.78 bits per heavy atom. The minimum absolute atomic E-state index is 0.226. The van der Waals surface area contributed by atoms with E-state index in [-0.39, 0.29) is 12.2 Å². The molecule has 1 aromatic heterocycles.